The van der Waals surface area contributed by atoms with Gasteiger partial charge in [-0.2, -0.15) is 4.98 Å². The van der Waals surface area contributed by atoms with Crippen molar-refractivity contribution in [1.29, 1.82) is 0 Å². The summed E-state index contributed by atoms with van der Waals surface area (Å²) in [4.78, 5) is 18.2. The molecule has 0 aliphatic heterocycles. The molecule has 4 rings (SSSR count). The van der Waals surface area contributed by atoms with Crippen molar-refractivity contribution in [2.75, 3.05) is 19.4 Å². The Bertz CT molecular complexity index is 1130. The molecule has 1 N–H and O–H groups in total. The lowest BCUT2D eigenvalue weighted by Crippen LogP contribution is -2.21. The Morgan fingerprint density at radius 3 is 2.39 bits per heavy atom. The van der Waals surface area contributed by atoms with Gasteiger partial charge in [-0.05, 0) is 48.9 Å². The molecule has 0 aliphatic rings. The summed E-state index contributed by atoms with van der Waals surface area (Å²) in [6, 6.07) is 19.6. The van der Waals surface area contributed by atoms with Gasteiger partial charge in [0.2, 0.25) is 5.95 Å². The molecule has 0 aliphatic carbocycles. The van der Waals surface area contributed by atoms with E-state index in [-0.39, 0.29) is 5.91 Å². The minimum Gasteiger partial charge on any atom is -0.345 e. The summed E-state index contributed by atoms with van der Waals surface area (Å²) >= 11 is 0. The van der Waals surface area contributed by atoms with Crippen LogP contribution >= 0.6 is 0 Å². The van der Waals surface area contributed by atoms with Crippen molar-refractivity contribution in [3.05, 3.63) is 78.0 Å². The quantitative estimate of drug-likeness (QED) is 0.585. The Hall–Kier alpha value is -3.67. The highest BCUT2D eigenvalue weighted by molar-refractivity contribution is 5.94. The van der Waals surface area contributed by atoms with Crippen LogP contribution < -0.4 is 5.32 Å². The van der Waals surface area contributed by atoms with E-state index >= 15 is 0 Å². The molecule has 0 saturated heterocycles. The molecular formula is C22H21N5O. The highest BCUT2D eigenvalue weighted by Gasteiger charge is 2.11. The SMILES string of the molecule is Cc1ccc(-c2cccn3nc(Nc4ccc(C(=O)N(C)C)cc4)nc23)cc1. The molecule has 0 radical (unpaired) electrons. The van der Waals surface area contributed by atoms with Gasteiger partial charge in [0.15, 0.2) is 5.65 Å². The lowest BCUT2D eigenvalue weighted by Gasteiger charge is -2.10. The minimum atomic E-state index is -0.0276. The van der Waals surface area contributed by atoms with Crippen molar-refractivity contribution in [3.8, 4) is 11.1 Å². The molecular weight excluding hydrogens is 350 g/mol. The molecule has 28 heavy (non-hydrogen) atoms. The molecule has 0 saturated carbocycles. The van der Waals surface area contributed by atoms with Gasteiger partial charge in [0.25, 0.3) is 5.91 Å². The molecule has 6 nitrogen and oxygen atoms in total. The number of aryl methyl sites for hydroxylation is 1. The highest BCUT2D eigenvalue weighted by Crippen LogP contribution is 2.25. The van der Waals surface area contributed by atoms with E-state index in [1.165, 1.54) is 5.56 Å². The zero-order valence-corrected chi connectivity index (χ0v) is 16.0. The molecule has 2 aromatic carbocycles. The zero-order valence-electron chi connectivity index (χ0n) is 16.0. The Morgan fingerprint density at radius 1 is 1.00 bits per heavy atom. The molecule has 0 fully saturated rings. The Labute approximate surface area is 163 Å². The normalized spacial score (nSPS) is 10.8. The lowest BCUT2D eigenvalue weighted by atomic mass is 10.1. The van der Waals surface area contributed by atoms with Gasteiger partial charge in [0.1, 0.15) is 0 Å². The first-order valence-electron chi connectivity index (χ1n) is 9.02. The van der Waals surface area contributed by atoms with Crippen LogP contribution in [0.4, 0.5) is 11.6 Å². The number of anilines is 2. The van der Waals surface area contributed by atoms with Crippen LogP contribution in [0.2, 0.25) is 0 Å². The van der Waals surface area contributed by atoms with Crippen molar-refractivity contribution in [1.82, 2.24) is 19.5 Å². The maximum atomic E-state index is 12.0. The lowest BCUT2D eigenvalue weighted by molar-refractivity contribution is 0.0827. The van der Waals surface area contributed by atoms with Gasteiger partial charge in [0.05, 0.1) is 0 Å². The summed E-state index contributed by atoms with van der Waals surface area (Å²) in [5.74, 6) is 0.478. The van der Waals surface area contributed by atoms with E-state index in [1.54, 1.807) is 35.6 Å². The molecule has 0 spiro atoms. The first-order chi connectivity index (χ1) is 13.5. The molecule has 140 valence electrons. The van der Waals surface area contributed by atoms with Crippen LogP contribution in [-0.2, 0) is 0 Å². The van der Waals surface area contributed by atoms with E-state index in [0.717, 1.165) is 22.5 Å². The Balaban J connectivity index is 1.63. The number of benzene rings is 2. The predicted octanol–water partition coefficient (Wildman–Crippen LogP) is 4.15. The number of carbonyl (C=O) groups excluding carboxylic acids is 1. The first kappa shape index (κ1) is 17.7. The molecule has 0 atom stereocenters. The van der Waals surface area contributed by atoms with Crippen LogP contribution in [-0.4, -0.2) is 39.5 Å². The smallest absolute Gasteiger partial charge is 0.253 e. The maximum Gasteiger partial charge on any atom is 0.253 e. The number of carbonyl (C=O) groups is 1. The van der Waals surface area contributed by atoms with E-state index in [0.29, 0.717) is 11.5 Å². The fourth-order valence-electron chi connectivity index (χ4n) is 3.00. The summed E-state index contributed by atoms with van der Waals surface area (Å²) < 4.78 is 1.77. The van der Waals surface area contributed by atoms with Crippen molar-refractivity contribution in [3.63, 3.8) is 0 Å². The minimum absolute atomic E-state index is 0.0276. The van der Waals surface area contributed by atoms with Crippen molar-refractivity contribution in [2.24, 2.45) is 0 Å². The second-order valence-electron chi connectivity index (χ2n) is 6.89. The number of amides is 1. The average Bonchev–Trinajstić information content (AvgIpc) is 3.11. The predicted molar refractivity (Wildman–Crippen MR) is 111 cm³/mol. The van der Waals surface area contributed by atoms with Gasteiger partial charge in [-0.15, -0.1) is 5.10 Å². The summed E-state index contributed by atoms with van der Waals surface area (Å²) in [6.45, 7) is 2.07. The standard InChI is InChI=1S/C22H21N5O/c1-15-6-8-16(9-7-15)19-5-4-14-27-20(19)24-22(25-27)23-18-12-10-17(11-13-18)21(28)26(2)3/h4-14H,1-3H3,(H,23,25). The van der Waals surface area contributed by atoms with Crippen LogP contribution in [0.1, 0.15) is 15.9 Å². The number of hydrogen-bond acceptors (Lipinski definition) is 4. The Kier molecular flexibility index (Phi) is 4.53. The summed E-state index contributed by atoms with van der Waals surface area (Å²) in [5, 5.41) is 7.73. The van der Waals surface area contributed by atoms with Gasteiger partial charge in [-0.1, -0.05) is 29.8 Å². The van der Waals surface area contributed by atoms with Crippen LogP contribution in [0.25, 0.3) is 16.8 Å². The number of aromatic nitrogens is 3. The van der Waals surface area contributed by atoms with Crippen molar-refractivity contribution < 1.29 is 4.79 Å². The van der Waals surface area contributed by atoms with E-state index in [9.17, 15) is 4.79 Å². The van der Waals surface area contributed by atoms with Crippen LogP contribution in [0.3, 0.4) is 0 Å². The average molecular weight is 371 g/mol. The van der Waals surface area contributed by atoms with Crippen molar-refractivity contribution in [2.45, 2.75) is 6.92 Å². The fourth-order valence-corrected chi connectivity index (χ4v) is 3.00. The topological polar surface area (TPSA) is 62.5 Å². The fraction of sp³-hybridized carbons (Fsp3) is 0.136. The number of nitrogens with zero attached hydrogens (tertiary/aromatic N) is 4. The van der Waals surface area contributed by atoms with Crippen molar-refractivity contribution >= 4 is 23.2 Å². The molecule has 6 heteroatoms. The highest BCUT2D eigenvalue weighted by atomic mass is 16.2. The first-order valence-corrected chi connectivity index (χ1v) is 9.02. The molecule has 0 unspecified atom stereocenters. The third-order valence-corrected chi connectivity index (χ3v) is 4.52. The number of rotatable bonds is 4. The summed E-state index contributed by atoms with van der Waals surface area (Å²) in [7, 11) is 3.47. The van der Waals surface area contributed by atoms with Gasteiger partial charge in [0, 0.05) is 37.1 Å². The third-order valence-electron chi connectivity index (χ3n) is 4.52. The number of pyridine rings is 1. The van der Waals surface area contributed by atoms with Crippen LogP contribution in [0.5, 0.6) is 0 Å². The number of nitrogens with one attached hydrogen (secondary N) is 1. The van der Waals surface area contributed by atoms with Gasteiger partial charge in [-0.3, -0.25) is 4.79 Å². The molecule has 0 bridgehead atoms. The Morgan fingerprint density at radius 2 is 1.71 bits per heavy atom. The third kappa shape index (κ3) is 3.44. The molecule has 2 heterocycles. The largest absolute Gasteiger partial charge is 0.345 e. The second-order valence-corrected chi connectivity index (χ2v) is 6.89. The van der Waals surface area contributed by atoms with Gasteiger partial charge < -0.3 is 10.2 Å². The van der Waals surface area contributed by atoms with Gasteiger partial charge >= 0.3 is 0 Å². The molecule has 4 aromatic rings. The maximum absolute atomic E-state index is 12.0. The van der Waals surface area contributed by atoms with Crippen LogP contribution in [0, 0.1) is 6.92 Å². The zero-order chi connectivity index (χ0) is 19.7. The van der Waals surface area contributed by atoms with Crippen LogP contribution in [0.15, 0.2) is 66.9 Å². The second kappa shape index (κ2) is 7.15. The monoisotopic (exact) mass is 371 g/mol. The molecule has 1 amide bonds. The summed E-state index contributed by atoms with van der Waals surface area (Å²) in [6.07, 6.45) is 1.88. The number of hydrogen-bond donors (Lipinski definition) is 1. The van der Waals surface area contributed by atoms with E-state index in [2.05, 4.69) is 46.6 Å². The van der Waals surface area contributed by atoms with E-state index in [4.69, 9.17) is 0 Å². The summed E-state index contributed by atoms with van der Waals surface area (Å²) in [5.41, 5.74) is 5.59. The van der Waals surface area contributed by atoms with Gasteiger partial charge in [-0.25, -0.2) is 4.52 Å². The number of fused-ring (bicyclic) bond motifs is 1. The van der Waals surface area contributed by atoms with E-state index in [1.807, 2.05) is 30.5 Å². The van der Waals surface area contributed by atoms with E-state index < -0.39 is 0 Å². The molecule has 2 aromatic heterocycles.